The Labute approximate surface area is 160 Å². The van der Waals surface area contributed by atoms with Crippen LogP contribution in [0.4, 0.5) is 4.79 Å². The molecule has 6 heteroatoms. The van der Waals surface area contributed by atoms with Gasteiger partial charge in [-0.1, -0.05) is 12.1 Å². The van der Waals surface area contributed by atoms with Crippen molar-refractivity contribution < 1.29 is 14.3 Å². The third kappa shape index (κ3) is 6.14. The molecule has 2 atom stereocenters. The number of ether oxygens (including phenoxy) is 2. The lowest BCUT2D eigenvalue weighted by atomic mass is 10.1. The number of carbonyl (C=O) groups excluding carboxylic acids is 1. The minimum Gasteiger partial charge on any atom is -0.497 e. The SMILES string of the molecule is COc1ccc(CSC2CC(CCC#N)N(C(=O)OC(C)(C)C)C2)cc1. The van der Waals surface area contributed by atoms with E-state index in [1.165, 1.54) is 5.56 Å². The van der Waals surface area contributed by atoms with Crippen LogP contribution < -0.4 is 4.74 Å². The van der Waals surface area contributed by atoms with E-state index in [0.717, 1.165) is 17.9 Å². The largest absolute Gasteiger partial charge is 0.497 e. The molecule has 1 saturated heterocycles. The van der Waals surface area contributed by atoms with Gasteiger partial charge in [0.25, 0.3) is 0 Å². The number of nitriles is 1. The molecule has 1 fully saturated rings. The van der Waals surface area contributed by atoms with Gasteiger partial charge in [0.1, 0.15) is 11.4 Å². The van der Waals surface area contributed by atoms with Crippen LogP contribution in [-0.4, -0.2) is 41.5 Å². The summed E-state index contributed by atoms with van der Waals surface area (Å²) < 4.78 is 10.7. The number of thioether (sulfide) groups is 1. The Bertz CT molecular complexity index is 634. The van der Waals surface area contributed by atoms with Crippen LogP contribution in [0, 0.1) is 11.3 Å². The predicted molar refractivity (Wildman–Crippen MR) is 104 cm³/mol. The molecule has 0 radical (unpaired) electrons. The van der Waals surface area contributed by atoms with Crippen LogP contribution >= 0.6 is 11.8 Å². The molecule has 1 amide bonds. The third-order valence-electron chi connectivity index (χ3n) is 4.24. The number of benzene rings is 1. The minimum atomic E-state index is -0.509. The molecule has 2 unspecified atom stereocenters. The molecule has 0 N–H and O–H groups in total. The molecule has 5 nitrogen and oxygen atoms in total. The first-order chi connectivity index (χ1) is 12.3. The van der Waals surface area contributed by atoms with Gasteiger partial charge < -0.3 is 14.4 Å². The average molecular weight is 377 g/mol. The summed E-state index contributed by atoms with van der Waals surface area (Å²) in [6.45, 7) is 6.30. The Morgan fingerprint density at radius 3 is 2.62 bits per heavy atom. The molecule has 1 aliphatic rings. The number of carbonyl (C=O) groups is 1. The van der Waals surface area contributed by atoms with E-state index in [2.05, 4.69) is 18.2 Å². The number of nitrogens with zero attached hydrogens (tertiary/aromatic N) is 2. The van der Waals surface area contributed by atoms with Crippen LogP contribution in [0.25, 0.3) is 0 Å². The standard InChI is InChI=1S/C20H28N2O3S/c1-20(2,3)25-19(23)22-13-18(12-16(22)6-5-11-21)26-14-15-7-9-17(24-4)10-8-15/h7-10,16,18H,5-6,12-14H2,1-4H3. The molecule has 0 aliphatic carbocycles. The van der Waals surface area contributed by atoms with Crippen molar-refractivity contribution in [1.82, 2.24) is 4.90 Å². The van der Waals surface area contributed by atoms with Crippen molar-refractivity contribution >= 4 is 17.9 Å². The second-order valence-corrected chi connectivity index (χ2v) is 8.79. The minimum absolute atomic E-state index is 0.0814. The van der Waals surface area contributed by atoms with E-state index in [9.17, 15) is 4.79 Å². The lowest BCUT2D eigenvalue weighted by Crippen LogP contribution is -2.40. The van der Waals surface area contributed by atoms with E-state index in [0.29, 0.717) is 24.6 Å². The summed E-state index contributed by atoms with van der Waals surface area (Å²) in [4.78, 5) is 14.3. The van der Waals surface area contributed by atoms with Crippen molar-refractivity contribution in [3.63, 3.8) is 0 Å². The van der Waals surface area contributed by atoms with Gasteiger partial charge in [-0.2, -0.15) is 17.0 Å². The normalized spacial score (nSPS) is 19.9. The Hall–Kier alpha value is -1.87. The van der Waals surface area contributed by atoms with Gasteiger partial charge in [-0.15, -0.1) is 0 Å². The fourth-order valence-corrected chi connectivity index (χ4v) is 4.22. The number of methoxy groups -OCH3 is 1. The summed E-state index contributed by atoms with van der Waals surface area (Å²) in [6.07, 6.45) is 1.80. The van der Waals surface area contributed by atoms with Crippen LogP contribution in [0.1, 0.15) is 45.6 Å². The molecule has 0 bridgehead atoms. The molecule has 0 aromatic heterocycles. The van der Waals surface area contributed by atoms with Gasteiger partial charge in [-0.05, 0) is 51.3 Å². The molecule has 142 valence electrons. The quantitative estimate of drug-likeness (QED) is 0.725. The van der Waals surface area contributed by atoms with E-state index in [4.69, 9.17) is 14.7 Å². The summed E-state index contributed by atoms with van der Waals surface area (Å²) >= 11 is 1.85. The Kier molecular flexibility index (Phi) is 7.22. The molecule has 0 spiro atoms. The monoisotopic (exact) mass is 376 g/mol. The molecular weight excluding hydrogens is 348 g/mol. The van der Waals surface area contributed by atoms with Crippen molar-refractivity contribution in [2.75, 3.05) is 13.7 Å². The molecule has 1 aromatic carbocycles. The maximum absolute atomic E-state index is 12.5. The highest BCUT2D eigenvalue weighted by molar-refractivity contribution is 7.99. The zero-order chi connectivity index (χ0) is 19.2. The number of likely N-dealkylation sites (tertiary alicyclic amines) is 1. The highest BCUT2D eigenvalue weighted by Crippen LogP contribution is 2.33. The van der Waals surface area contributed by atoms with E-state index in [-0.39, 0.29) is 12.1 Å². The van der Waals surface area contributed by atoms with Gasteiger partial charge in [0.2, 0.25) is 0 Å². The van der Waals surface area contributed by atoms with E-state index in [1.54, 1.807) is 7.11 Å². The van der Waals surface area contributed by atoms with E-state index < -0.39 is 5.60 Å². The topological polar surface area (TPSA) is 62.6 Å². The van der Waals surface area contributed by atoms with Crippen molar-refractivity contribution in [3.8, 4) is 11.8 Å². The van der Waals surface area contributed by atoms with Crippen LogP contribution in [-0.2, 0) is 10.5 Å². The van der Waals surface area contributed by atoms with Gasteiger partial charge in [-0.3, -0.25) is 0 Å². The number of rotatable bonds is 6. The number of amides is 1. The van der Waals surface area contributed by atoms with Gasteiger partial charge in [0, 0.05) is 30.0 Å². The van der Waals surface area contributed by atoms with Crippen LogP contribution in [0.3, 0.4) is 0 Å². The molecule has 2 rings (SSSR count). The van der Waals surface area contributed by atoms with E-state index in [1.807, 2.05) is 49.6 Å². The van der Waals surface area contributed by atoms with Crippen molar-refractivity contribution in [2.45, 2.75) is 62.7 Å². The van der Waals surface area contributed by atoms with Crippen LogP contribution in [0.2, 0.25) is 0 Å². The van der Waals surface area contributed by atoms with Gasteiger partial charge in [0.15, 0.2) is 0 Å². The van der Waals surface area contributed by atoms with Crippen molar-refractivity contribution in [1.29, 1.82) is 5.26 Å². The predicted octanol–water partition coefficient (Wildman–Crippen LogP) is 4.61. The van der Waals surface area contributed by atoms with Crippen LogP contribution in [0.5, 0.6) is 5.75 Å². The lowest BCUT2D eigenvalue weighted by molar-refractivity contribution is 0.0222. The Morgan fingerprint density at radius 1 is 1.35 bits per heavy atom. The summed E-state index contributed by atoms with van der Waals surface area (Å²) in [5, 5.41) is 9.25. The maximum atomic E-state index is 12.5. The molecule has 26 heavy (non-hydrogen) atoms. The summed E-state index contributed by atoms with van der Waals surface area (Å²) in [6, 6.07) is 10.3. The third-order valence-corrected chi connectivity index (χ3v) is 5.55. The first-order valence-corrected chi connectivity index (χ1v) is 9.98. The summed E-state index contributed by atoms with van der Waals surface area (Å²) in [5.74, 6) is 1.74. The van der Waals surface area contributed by atoms with Gasteiger partial charge >= 0.3 is 6.09 Å². The molecule has 1 aromatic rings. The summed E-state index contributed by atoms with van der Waals surface area (Å²) in [7, 11) is 1.66. The number of hydrogen-bond acceptors (Lipinski definition) is 5. The smallest absolute Gasteiger partial charge is 0.410 e. The molecular formula is C20H28N2O3S. The van der Waals surface area contributed by atoms with Crippen molar-refractivity contribution in [2.24, 2.45) is 0 Å². The summed E-state index contributed by atoms with van der Waals surface area (Å²) in [5.41, 5.74) is 0.727. The highest BCUT2D eigenvalue weighted by Gasteiger charge is 2.37. The lowest BCUT2D eigenvalue weighted by Gasteiger charge is -2.28. The average Bonchev–Trinajstić information content (AvgIpc) is 3.00. The van der Waals surface area contributed by atoms with Gasteiger partial charge in [0.05, 0.1) is 13.2 Å². The fourth-order valence-electron chi connectivity index (χ4n) is 2.98. The highest BCUT2D eigenvalue weighted by atomic mass is 32.2. The van der Waals surface area contributed by atoms with E-state index >= 15 is 0 Å². The molecule has 0 saturated carbocycles. The first kappa shape index (κ1) is 20.4. The molecule has 1 aliphatic heterocycles. The number of hydrogen-bond donors (Lipinski definition) is 0. The second-order valence-electron chi connectivity index (χ2n) is 7.50. The maximum Gasteiger partial charge on any atom is 0.410 e. The zero-order valence-corrected chi connectivity index (χ0v) is 16.8. The second kappa shape index (κ2) is 9.18. The van der Waals surface area contributed by atoms with Gasteiger partial charge in [-0.25, -0.2) is 4.79 Å². The Morgan fingerprint density at radius 2 is 2.04 bits per heavy atom. The van der Waals surface area contributed by atoms with Crippen LogP contribution in [0.15, 0.2) is 24.3 Å². The van der Waals surface area contributed by atoms with Crippen molar-refractivity contribution in [3.05, 3.63) is 29.8 Å². The fraction of sp³-hybridized carbons (Fsp3) is 0.600. The first-order valence-electron chi connectivity index (χ1n) is 8.93. The molecule has 1 heterocycles. The Balaban J connectivity index is 1.95. The zero-order valence-electron chi connectivity index (χ0n) is 16.0.